The molecule has 1 heterocycles. The first-order chi connectivity index (χ1) is 43.5. The van der Waals surface area contributed by atoms with Gasteiger partial charge in [0.2, 0.25) is 65.0 Å². The van der Waals surface area contributed by atoms with E-state index >= 15 is 24.0 Å². The van der Waals surface area contributed by atoms with Crippen molar-refractivity contribution in [2.45, 2.75) is 235 Å². The van der Waals surface area contributed by atoms with Crippen LogP contribution < -0.4 is 26.6 Å². The molecule has 26 nitrogen and oxygen atoms in total. The standard InChI is InChI=1S/C68H118N12O14/c1-26-28-29-44(15)57(82)56-61(86)73-55(47(18)94-68(93)69-30-27-2)67(92)74(19)37-54(81)75(20)51(34-41(9)10)64(89)79(24)52(35-42(11)12)65(90)77(22)49(32-39(5)6)59(84)70-45(16)58(83)71-46(17)62(87)76(21)50(33-40(7)8)60(85)72-48(31-38(3)4)63(88)78(23)53(36-43(13)14)66(91)80(56)25/h2,26,28,38-53,55-57,82H,29-37H2,1,3-25H3,(H,69,93)(H,70,84)(H,71,83)(H,72,85)(H,73,86)/b28-26+/t44-,45+,46-,47?,48+,49+,50+,51+,52+,53+,55+,56+,57?/m1/s1. The first-order valence-corrected chi connectivity index (χ1v) is 33.2. The summed E-state index contributed by atoms with van der Waals surface area (Å²) < 4.78 is 5.60. The summed E-state index contributed by atoms with van der Waals surface area (Å²) in [5.74, 6) is -8.10. The van der Waals surface area contributed by atoms with Gasteiger partial charge in [-0.05, 0) is 114 Å². The van der Waals surface area contributed by atoms with Crippen molar-refractivity contribution in [3.05, 3.63) is 12.2 Å². The van der Waals surface area contributed by atoms with Crippen LogP contribution in [0.5, 0.6) is 0 Å². The second kappa shape index (κ2) is 39.5. The number of nitrogens with one attached hydrogen (secondary N) is 5. The highest BCUT2D eigenvalue weighted by molar-refractivity contribution is 5.99. The molecule has 1 fully saturated rings. The Kier molecular flexibility index (Phi) is 35.6. The zero-order valence-corrected chi connectivity index (χ0v) is 61.0. The van der Waals surface area contributed by atoms with Crippen molar-refractivity contribution in [2.75, 3.05) is 62.4 Å². The monoisotopic (exact) mass is 1330 g/mol. The van der Waals surface area contributed by atoms with Gasteiger partial charge in [-0.1, -0.05) is 108 Å². The molecule has 6 N–H and O–H groups in total. The first kappa shape index (κ1) is 84.7. The van der Waals surface area contributed by atoms with Crippen molar-refractivity contribution in [1.29, 1.82) is 0 Å². The molecule has 94 heavy (non-hydrogen) atoms. The maximum absolute atomic E-state index is 15.4. The van der Waals surface area contributed by atoms with Crippen LogP contribution in [0.15, 0.2) is 12.2 Å². The molecule has 1 saturated heterocycles. The van der Waals surface area contributed by atoms with Gasteiger partial charge in [-0.2, -0.15) is 0 Å². The minimum atomic E-state index is -1.83. The van der Waals surface area contributed by atoms with Crippen molar-refractivity contribution in [1.82, 2.24) is 60.9 Å². The fourth-order valence-corrected chi connectivity index (χ4v) is 11.3. The Labute approximate surface area is 560 Å². The number of hydrogen-bond acceptors (Lipinski definition) is 14. The lowest BCUT2D eigenvalue weighted by Gasteiger charge is -2.40. The number of nitrogens with zero attached hydrogens (tertiary/aromatic N) is 7. The average molecular weight is 1330 g/mol. The van der Waals surface area contributed by atoms with Crippen molar-refractivity contribution >= 4 is 71.1 Å². The average Bonchev–Trinajstić information content (AvgIpc) is 0.816. The number of aliphatic hydroxyl groups excluding tert-OH is 1. The predicted molar refractivity (Wildman–Crippen MR) is 360 cm³/mol. The Morgan fingerprint density at radius 3 is 1.36 bits per heavy atom. The molecule has 1 aliphatic heterocycles. The number of allylic oxidation sites excluding steroid dienone is 2. The van der Waals surface area contributed by atoms with Gasteiger partial charge in [0.25, 0.3) is 0 Å². The summed E-state index contributed by atoms with van der Waals surface area (Å²) in [4.78, 5) is 184. The van der Waals surface area contributed by atoms with E-state index in [9.17, 15) is 38.7 Å². The fourth-order valence-electron chi connectivity index (χ4n) is 11.3. The lowest BCUT2D eigenvalue weighted by molar-refractivity contribution is -0.154. The molecule has 0 aromatic carbocycles. The second-order valence-corrected chi connectivity index (χ2v) is 28.2. The summed E-state index contributed by atoms with van der Waals surface area (Å²) in [7, 11) is 9.57. The molecule has 0 radical (unpaired) electrons. The molecule has 0 spiro atoms. The van der Waals surface area contributed by atoms with Crippen LogP contribution in [-0.2, 0) is 57.5 Å². The van der Waals surface area contributed by atoms with Crippen LogP contribution in [0.4, 0.5) is 4.79 Å². The Morgan fingerprint density at radius 1 is 0.521 bits per heavy atom. The van der Waals surface area contributed by atoms with Gasteiger partial charge < -0.3 is 70.7 Å². The number of likely N-dealkylation sites (N-methyl/N-ethyl adjacent to an activating group) is 7. The fraction of sp³-hybridized carbons (Fsp3) is 0.765. The smallest absolute Gasteiger partial charge is 0.408 e. The lowest BCUT2D eigenvalue weighted by atomic mass is 9.91. The number of rotatable bonds is 19. The van der Waals surface area contributed by atoms with E-state index in [0.717, 1.165) is 9.80 Å². The zero-order chi connectivity index (χ0) is 72.7. The summed E-state index contributed by atoms with van der Waals surface area (Å²) in [6, 6.07) is -13.5. The third-order valence-corrected chi connectivity index (χ3v) is 17.0. The maximum atomic E-state index is 15.4. The molecule has 0 saturated carbocycles. The molecular formula is C68H118N12O14. The van der Waals surface area contributed by atoms with Crippen LogP contribution >= 0.6 is 0 Å². The number of carbonyl (C=O) groups excluding carboxylic acids is 12. The van der Waals surface area contributed by atoms with Gasteiger partial charge in [0.05, 0.1) is 19.2 Å². The van der Waals surface area contributed by atoms with Gasteiger partial charge in [0.1, 0.15) is 66.5 Å². The van der Waals surface area contributed by atoms with Gasteiger partial charge in [-0.3, -0.25) is 52.7 Å². The number of carbonyl (C=O) groups is 12. The molecule has 12 amide bonds. The molecule has 0 aliphatic carbocycles. The number of ether oxygens (including phenoxy) is 1. The van der Waals surface area contributed by atoms with Crippen molar-refractivity contribution in [3.8, 4) is 12.3 Å². The topological polar surface area (TPSA) is 317 Å². The second-order valence-electron chi connectivity index (χ2n) is 28.2. The van der Waals surface area contributed by atoms with E-state index in [4.69, 9.17) is 11.2 Å². The zero-order valence-electron chi connectivity index (χ0n) is 61.0. The van der Waals surface area contributed by atoms with Crippen LogP contribution in [0.2, 0.25) is 0 Å². The van der Waals surface area contributed by atoms with Gasteiger partial charge in [0.15, 0.2) is 0 Å². The number of terminal acetylenes is 1. The van der Waals surface area contributed by atoms with Crippen LogP contribution in [-0.4, -0.2) is 246 Å². The Bertz CT molecular complexity index is 2660. The summed E-state index contributed by atoms with van der Waals surface area (Å²) >= 11 is 0. The summed E-state index contributed by atoms with van der Waals surface area (Å²) in [5, 5.41) is 25.6. The van der Waals surface area contributed by atoms with Gasteiger partial charge in [-0.15, -0.1) is 6.42 Å². The predicted octanol–water partition coefficient (Wildman–Crippen LogP) is 3.39. The third-order valence-electron chi connectivity index (χ3n) is 17.0. The van der Waals surface area contributed by atoms with E-state index in [0.29, 0.717) is 0 Å². The van der Waals surface area contributed by atoms with Crippen LogP contribution in [0, 0.1) is 53.8 Å². The number of aliphatic hydroxyl groups is 1. The highest BCUT2D eigenvalue weighted by atomic mass is 16.6. The molecule has 1 aliphatic rings. The summed E-state index contributed by atoms with van der Waals surface area (Å²) in [6.07, 6.45) is 5.39. The summed E-state index contributed by atoms with van der Waals surface area (Å²) in [5.41, 5.74) is 0. The van der Waals surface area contributed by atoms with Crippen LogP contribution in [0.1, 0.15) is 163 Å². The quantitative estimate of drug-likeness (QED) is 0.0798. The normalized spacial score (nSPS) is 25.6. The van der Waals surface area contributed by atoms with E-state index in [-0.39, 0.29) is 87.0 Å². The summed E-state index contributed by atoms with van der Waals surface area (Å²) in [6.45, 7) is 28.7. The van der Waals surface area contributed by atoms with E-state index in [1.165, 1.54) is 94.6 Å². The third kappa shape index (κ3) is 25.4. The number of hydrogen-bond donors (Lipinski definition) is 6. The van der Waals surface area contributed by atoms with Crippen LogP contribution in [0.3, 0.4) is 0 Å². The SMILES string of the molecule is C#CCNC(=O)OC(C)[C@@H]1NC(=O)[C@H](C(O)[C@H](C)C/C=C/C)N(C)C(=O)[C@H](CC(C)C)N(C)C(=O)[C@H](CC(C)C)NC(=O)[C@H](CC(C)C)N(C)C(=O)[C@@H](C)NC(=O)[C@H](C)NC(=O)[C@H](CC(C)C)N(C)C(=O)[C@H](CC(C)C)N(C)C(=O)[C@H](CC(C)C)N(C)C(=O)CN(C)C1=O. The molecule has 2 unspecified atom stereocenters. The number of amides is 12. The molecule has 0 bridgehead atoms. The van der Waals surface area contributed by atoms with Crippen molar-refractivity contribution in [3.63, 3.8) is 0 Å². The molecule has 13 atom stereocenters. The molecule has 0 aromatic rings. The van der Waals surface area contributed by atoms with Gasteiger partial charge >= 0.3 is 6.09 Å². The molecule has 1 rings (SSSR count). The highest BCUT2D eigenvalue weighted by Gasteiger charge is 2.46. The molecule has 0 aromatic heterocycles. The first-order valence-electron chi connectivity index (χ1n) is 33.2. The van der Waals surface area contributed by atoms with Gasteiger partial charge in [0, 0.05) is 49.3 Å². The minimum absolute atomic E-state index is 0.0175. The Hall–Kier alpha value is -7.30. The van der Waals surface area contributed by atoms with E-state index in [1.807, 2.05) is 83.1 Å². The molecule has 26 heteroatoms. The van der Waals surface area contributed by atoms with Crippen molar-refractivity contribution in [2.24, 2.45) is 41.4 Å². The van der Waals surface area contributed by atoms with E-state index in [2.05, 4.69) is 32.5 Å². The highest BCUT2D eigenvalue weighted by Crippen LogP contribution is 2.26. The van der Waals surface area contributed by atoms with Crippen LogP contribution in [0.25, 0.3) is 0 Å². The molecular weight excluding hydrogens is 1210 g/mol. The van der Waals surface area contributed by atoms with E-state index in [1.54, 1.807) is 26.0 Å². The lowest BCUT2D eigenvalue weighted by Crippen LogP contribution is -2.64. The Morgan fingerprint density at radius 2 is 0.915 bits per heavy atom. The Balaban J connectivity index is 4.58. The number of alkyl carbamates (subject to hydrolysis) is 1. The minimum Gasteiger partial charge on any atom is -0.444 e. The van der Waals surface area contributed by atoms with Crippen molar-refractivity contribution < 1.29 is 67.4 Å². The molecule has 534 valence electrons. The van der Waals surface area contributed by atoms with E-state index < -0.39 is 156 Å². The maximum Gasteiger partial charge on any atom is 0.408 e. The largest absolute Gasteiger partial charge is 0.444 e. The van der Waals surface area contributed by atoms with Gasteiger partial charge in [-0.25, -0.2) is 4.79 Å².